The van der Waals surface area contributed by atoms with E-state index in [9.17, 15) is 59.4 Å². The summed E-state index contributed by atoms with van der Waals surface area (Å²) in [5, 5.41) is 48.2. The molecule has 0 saturated carbocycles. The van der Waals surface area contributed by atoms with Crippen LogP contribution in [-0.2, 0) is 28.8 Å². The maximum absolute atomic E-state index is 11.9. The van der Waals surface area contributed by atoms with E-state index in [2.05, 4.69) is 0 Å². The van der Waals surface area contributed by atoms with Crippen LogP contribution in [0.2, 0.25) is 0 Å². The molecule has 192 valence electrons. The van der Waals surface area contributed by atoms with Crippen LogP contribution in [-0.4, -0.2) is 130 Å². The first-order chi connectivity index (χ1) is 14.8. The second-order valence-electron chi connectivity index (χ2n) is 5.63. The monoisotopic (exact) mass is 950 g/mol. The van der Waals surface area contributed by atoms with Crippen LogP contribution in [0, 0.1) is 0 Å². The van der Waals surface area contributed by atoms with Gasteiger partial charge in [0.05, 0.1) is 0 Å². The molecule has 0 aromatic carbocycles. The van der Waals surface area contributed by atoms with Gasteiger partial charge in [0, 0.05) is 0 Å². The normalized spacial score (nSPS) is 23.1. The van der Waals surface area contributed by atoms with Crippen LogP contribution in [0.5, 0.6) is 0 Å². The molecule has 39 heavy (non-hydrogen) atoms. The molecular weight excluding hydrogens is 933 g/mol. The topological polar surface area (TPSA) is 224 Å². The van der Waals surface area contributed by atoms with Gasteiger partial charge < -0.3 is 9.99 Å². The van der Waals surface area contributed by atoms with E-state index in [-0.39, 0.29) is 217 Å². The van der Waals surface area contributed by atoms with Crippen molar-refractivity contribution in [3.8, 4) is 0 Å². The molecule has 6 atom stereocenters. The predicted molar refractivity (Wildman–Crippen MR) is 133 cm³/mol. The third-order valence-corrected chi connectivity index (χ3v) is 50.5. The standard InChI is InChI=1S/3C4H6O4S2.7Na.2Sb.7H/c3*5-3(6)1(9)2(10)4(7)8;;;;;;;;;;;;;;;;/h3*1-2,9-10H,(H,5,6)(H,7,8);;;;;;;;;;;;;;;;/q;;;7*+1;2*+3;7*-1/p-6. The molecule has 6 unspecified atom stereocenters. The fraction of sp³-hybridized carbons (Fsp3) is 0.500. The first-order valence-corrected chi connectivity index (χ1v) is 31.6. The Morgan fingerprint density at radius 3 is 0.795 bits per heavy atom. The molecule has 0 radical (unpaired) electrons. The Bertz CT molecular complexity index is 775. The van der Waals surface area contributed by atoms with Crippen LogP contribution in [0.3, 0.4) is 0 Å². The van der Waals surface area contributed by atoms with E-state index in [0.717, 1.165) is 53.1 Å². The van der Waals surface area contributed by atoms with E-state index < -0.39 is 99.3 Å². The molecule has 27 heteroatoms. The molecule has 2 heterocycles. The van der Waals surface area contributed by atoms with Gasteiger partial charge in [-0.1, -0.05) is 0 Å². The van der Waals surface area contributed by atoms with Gasteiger partial charge in [-0.25, -0.2) is 0 Å². The molecular formula is C12H19Na7O12S6Sb2. The third kappa shape index (κ3) is 18.9. The van der Waals surface area contributed by atoms with Gasteiger partial charge in [0.15, 0.2) is 0 Å². The van der Waals surface area contributed by atoms with Crippen LogP contribution < -0.4 is 207 Å². The number of hydrogen-bond donors (Lipinski definition) is 6. The summed E-state index contributed by atoms with van der Waals surface area (Å²) in [4.78, 5) is 69.1. The zero-order valence-corrected chi connectivity index (χ0v) is 45.9. The predicted octanol–water partition coefficient (Wildman–Crippen LogP) is -20.1. The van der Waals surface area contributed by atoms with Crippen LogP contribution in [0.1, 0.15) is 9.99 Å². The summed E-state index contributed by atoms with van der Waals surface area (Å²) in [5.74, 6) is -8.30. The average Bonchev–Trinajstić information content (AvgIpc) is 3.29. The SMILES string of the molecule is O=C(O)C1[S][Sb]([S]C(C(=O)O)C([S][Sb]2[S]C(C(=O)O)C(C(=O)O)[S]2)C(=O)O)[S]C1C(=O)O.[H-].[H-].[H-].[H-].[H-].[H-].[H-].[Na+].[Na+].[Na+].[Na+].[Na+].[Na+].[Na+]. The molecule has 2 aliphatic rings. The van der Waals surface area contributed by atoms with Crippen LogP contribution >= 0.6 is 53.1 Å². The molecule has 2 saturated heterocycles. The first kappa shape index (κ1) is 58.7. The minimum absolute atomic E-state index is 0. The zero-order chi connectivity index (χ0) is 24.3. The average molecular weight is 952 g/mol. The molecule has 12 nitrogen and oxygen atoms in total. The van der Waals surface area contributed by atoms with Gasteiger partial charge in [-0.2, -0.15) is 0 Å². The Hall–Kier alpha value is 7.56. The number of carboxylic acid groups (broad SMARTS) is 6. The van der Waals surface area contributed by atoms with Crippen molar-refractivity contribution in [2.75, 3.05) is 0 Å². The molecule has 2 rings (SSSR count). The minimum atomic E-state index is -2.99. The second-order valence-corrected chi connectivity index (χ2v) is 47.3. The van der Waals surface area contributed by atoms with Crippen molar-refractivity contribution < 1.29 is 276 Å². The van der Waals surface area contributed by atoms with Crippen LogP contribution in [0.15, 0.2) is 0 Å². The van der Waals surface area contributed by atoms with Crippen molar-refractivity contribution >= 4 is 121 Å². The quantitative estimate of drug-likeness (QED) is 0.106. The van der Waals surface area contributed by atoms with Gasteiger partial charge in [0.2, 0.25) is 0 Å². The fourth-order valence-electron chi connectivity index (χ4n) is 2.08. The van der Waals surface area contributed by atoms with Crippen LogP contribution in [0.25, 0.3) is 0 Å². The van der Waals surface area contributed by atoms with E-state index in [1.807, 2.05) is 0 Å². The van der Waals surface area contributed by atoms with Gasteiger partial charge in [-0.05, 0) is 0 Å². The molecule has 2 aliphatic heterocycles. The van der Waals surface area contributed by atoms with Gasteiger partial charge >= 0.3 is 419 Å². The largest absolute Gasteiger partial charge is 1.00 e. The van der Waals surface area contributed by atoms with Gasteiger partial charge in [-0.3, -0.25) is 0 Å². The van der Waals surface area contributed by atoms with Crippen molar-refractivity contribution in [1.29, 1.82) is 0 Å². The summed E-state index contributed by atoms with van der Waals surface area (Å²) < 4.78 is 0. The van der Waals surface area contributed by atoms with Crippen molar-refractivity contribution in [3.63, 3.8) is 0 Å². The Balaban J connectivity index is -0.0000000707. The van der Waals surface area contributed by atoms with Gasteiger partial charge in [0.1, 0.15) is 0 Å². The molecule has 6 N–H and O–H groups in total. The maximum Gasteiger partial charge on any atom is 1.00 e. The number of aliphatic carboxylic acids is 6. The Kier molecular flexibility index (Phi) is 44.1. The molecule has 0 spiro atoms. The first-order valence-electron chi connectivity index (χ1n) is 7.81. The molecule has 0 aliphatic carbocycles. The van der Waals surface area contributed by atoms with Gasteiger partial charge in [-0.15, -0.1) is 0 Å². The summed E-state index contributed by atoms with van der Waals surface area (Å²) in [6.45, 7) is 0. The Labute approximate surface area is 418 Å². The number of carboxylic acids is 6. The van der Waals surface area contributed by atoms with Crippen LogP contribution in [0.4, 0.5) is 0 Å². The third-order valence-electron chi connectivity index (χ3n) is 3.48. The van der Waals surface area contributed by atoms with Crippen molar-refractivity contribution in [1.82, 2.24) is 0 Å². The van der Waals surface area contributed by atoms with E-state index in [0.29, 0.717) is 0 Å². The zero-order valence-electron chi connectivity index (χ0n) is 28.9. The molecule has 0 aromatic heterocycles. The molecule has 0 amide bonds. The molecule has 0 aromatic rings. The number of carbonyl (C=O) groups is 6. The van der Waals surface area contributed by atoms with E-state index in [1.165, 1.54) is 0 Å². The maximum atomic E-state index is 11.9. The molecule has 0 bridgehead atoms. The Morgan fingerprint density at radius 2 is 0.667 bits per heavy atom. The summed E-state index contributed by atoms with van der Waals surface area (Å²) in [6.07, 6.45) is 0. The smallest absolute Gasteiger partial charge is 1.00 e. The number of hydrogen-bond acceptors (Lipinski definition) is 12. The summed E-state index contributed by atoms with van der Waals surface area (Å²) in [5.41, 5.74) is 0. The fourth-order valence-corrected chi connectivity index (χ4v) is 62.2. The molecule has 2 fully saturated rings. The summed E-state index contributed by atoms with van der Waals surface area (Å²) in [7, 11) is 5.17. The van der Waals surface area contributed by atoms with Crippen molar-refractivity contribution in [2.24, 2.45) is 0 Å². The van der Waals surface area contributed by atoms with E-state index >= 15 is 0 Å². The van der Waals surface area contributed by atoms with Gasteiger partial charge in [0.25, 0.3) is 0 Å². The minimum Gasteiger partial charge on any atom is -1.00 e. The van der Waals surface area contributed by atoms with E-state index in [4.69, 9.17) is 0 Å². The summed E-state index contributed by atoms with van der Waals surface area (Å²) >= 11 is -5.97. The van der Waals surface area contributed by atoms with E-state index in [1.54, 1.807) is 0 Å². The summed E-state index contributed by atoms with van der Waals surface area (Å²) in [6, 6.07) is 0. The second kappa shape index (κ2) is 29.3. The number of rotatable bonds is 11. The Morgan fingerprint density at radius 1 is 0.487 bits per heavy atom. The van der Waals surface area contributed by atoms with Crippen molar-refractivity contribution in [3.05, 3.63) is 0 Å². The van der Waals surface area contributed by atoms with Crippen molar-refractivity contribution in [2.45, 2.75) is 31.5 Å².